The van der Waals surface area contributed by atoms with Crippen molar-refractivity contribution in [3.05, 3.63) is 31.1 Å². The second kappa shape index (κ2) is 5.04. The van der Waals surface area contributed by atoms with Crippen LogP contribution in [0.3, 0.4) is 0 Å². The van der Waals surface area contributed by atoms with Crippen molar-refractivity contribution in [2.45, 2.75) is 10.3 Å². The Morgan fingerprint density at radius 1 is 1.26 bits per heavy atom. The number of imidazole rings is 2. The fourth-order valence-electron chi connectivity index (χ4n) is 1.34. The molecule has 3 rings (SSSR count). The highest BCUT2D eigenvalue weighted by molar-refractivity contribution is 7.99. The van der Waals surface area contributed by atoms with Crippen molar-refractivity contribution in [1.82, 2.24) is 34.5 Å². The third kappa shape index (κ3) is 2.53. The van der Waals surface area contributed by atoms with Gasteiger partial charge in [-0.25, -0.2) is 15.8 Å². The minimum Gasteiger partial charge on any atom is -0.339 e. The molecule has 19 heavy (non-hydrogen) atoms. The predicted molar refractivity (Wildman–Crippen MR) is 67.5 cm³/mol. The van der Waals surface area contributed by atoms with Crippen molar-refractivity contribution < 1.29 is 0 Å². The molecule has 0 amide bonds. The number of aromatic nitrogens is 7. The van der Waals surface area contributed by atoms with E-state index in [0.29, 0.717) is 16.3 Å². The molecule has 0 aliphatic heterocycles. The first-order valence-corrected chi connectivity index (χ1v) is 6.05. The van der Waals surface area contributed by atoms with Crippen LogP contribution in [0.15, 0.2) is 41.4 Å². The van der Waals surface area contributed by atoms with Gasteiger partial charge in [0.25, 0.3) is 0 Å². The molecule has 0 saturated heterocycles. The quantitative estimate of drug-likeness (QED) is 0.456. The molecule has 4 N–H and O–H groups in total. The van der Waals surface area contributed by atoms with Crippen molar-refractivity contribution in [2.75, 3.05) is 5.43 Å². The Balaban J connectivity index is 1.98. The summed E-state index contributed by atoms with van der Waals surface area (Å²) >= 11 is 1.28. The fraction of sp³-hybridized carbons (Fsp3) is 0. The van der Waals surface area contributed by atoms with Crippen molar-refractivity contribution >= 4 is 17.7 Å². The van der Waals surface area contributed by atoms with Gasteiger partial charge < -0.3 is 4.98 Å². The Morgan fingerprint density at radius 3 is 2.89 bits per heavy atom. The van der Waals surface area contributed by atoms with Gasteiger partial charge in [-0.3, -0.25) is 9.99 Å². The van der Waals surface area contributed by atoms with Crippen LogP contribution in [0.5, 0.6) is 0 Å². The number of hydrogen-bond donors (Lipinski definition) is 3. The standard InChI is InChI=1S/C9H9N9S/c10-17-6-14-7(18-4-3-11-5-18)16-9(15-6)19-8-12-1-2-13-8/h1-5H,10H2,(H,12,13)(H,14,15,16,17). The molecule has 0 radical (unpaired) electrons. The molecule has 10 heteroatoms. The van der Waals surface area contributed by atoms with Crippen molar-refractivity contribution in [1.29, 1.82) is 0 Å². The predicted octanol–water partition coefficient (Wildman–Crippen LogP) is 0.217. The molecule has 0 aliphatic carbocycles. The molecule has 0 atom stereocenters. The highest BCUT2D eigenvalue weighted by Gasteiger charge is 2.09. The van der Waals surface area contributed by atoms with E-state index in [2.05, 4.69) is 35.3 Å². The third-order valence-electron chi connectivity index (χ3n) is 2.13. The van der Waals surface area contributed by atoms with Gasteiger partial charge in [0.2, 0.25) is 17.1 Å². The van der Waals surface area contributed by atoms with Crippen LogP contribution in [0, 0.1) is 0 Å². The maximum absolute atomic E-state index is 5.35. The third-order valence-corrected chi connectivity index (χ3v) is 2.91. The summed E-state index contributed by atoms with van der Waals surface area (Å²) < 4.78 is 1.66. The van der Waals surface area contributed by atoms with E-state index >= 15 is 0 Å². The van der Waals surface area contributed by atoms with E-state index in [0.717, 1.165) is 0 Å². The van der Waals surface area contributed by atoms with Crippen LogP contribution in [0.4, 0.5) is 5.95 Å². The van der Waals surface area contributed by atoms with Crippen molar-refractivity contribution in [3.63, 3.8) is 0 Å². The van der Waals surface area contributed by atoms with E-state index < -0.39 is 0 Å². The number of nitrogens with two attached hydrogens (primary N) is 1. The van der Waals surface area contributed by atoms with Crippen LogP contribution < -0.4 is 11.3 Å². The van der Waals surface area contributed by atoms with Gasteiger partial charge in [0.1, 0.15) is 6.33 Å². The smallest absolute Gasteiger partial charge is 0.242 e. The Morgan fingerprint density at radius 2 is 2.21 bits per heavy atom. The van der Waals surface area contributed by atoms with Gasteiger partial charge in [-0.15, -0.1) is 0 Å². The summed E-state index contributed by atoms with van der Waals surface area (Å²) in [5.74, 6) is 6.05. The van der Waals surface area contributed by atoms with Gasteiger partial charge in [-0.05, 0) is 11.8 Å². The van der Waals surface area contributed by atoms with Crippen LogP contribution in [-0.2, 0) is 0 Å². The van der Waals surface area contributed by atoms with Gasteiger partial charge in [0.15, 0.2) is 5.16 Å². The maximum Gasteiger partial charge on any atom is 0.242 e. The van der Waals surface area contributed by atoms with Crippen molar-refractivity contribution in [3.8, 4) is 5.95 Å². The number of nitrogen functional groups attached to an aromatic ring is 1. The monoisotopic (exact) mass is 275 g/mol. The second-order valence-corrected chi connectivity index (χ2v) is 4.31. The molecule has 3 heterocycles. The van der Waals surface area contributed by atoms with E-state index in [1.165, 1.54) is 11.8 Å². The summed E-state index contributed by atoms with van der Waals surface area (Å²) in [6.07, 6.45) is 8.34. The van der Waals surface area contributed by atoms with Crippen molar-refractivity contribution in [2.24, 2.45) is 5.84 Å². The fourth-order valence-corrected chi connectivity index (χ4v) is 2.01. The Hall–Kier alpha value is -2.46. The van der Waals surface area contributed by atoms with E-state index in [1.807, 2.05) is 0 Å². The number of nitrogens with one attached hydrogen (secondary N) is 2. The topological polar surface area (TPSA) is 123 Å². The number of hydrazine groups is 1. The lowest BCUT2D eigenvalue weighted by molar-refractivity contribution is 0.822. The molecule has 0 bridgehead atoms. The zero-order chi connectivity index (χ0) is 13.1. The zero-order valence-corrected chi connectivity index (χ0v) is 10.4. The molecule has 0 saturated carbocycles. The Labute approximate surface area is 111 Å². The second-order valence-electron chi connectivity index (χ2n) is 3.35. The summed E-state index contributed by atoms with van der Waals surface area (Å²) in [4.78, 5) is 23.6. The van der Waals surface area contributed by atoms with Crippen LogP contribution in [0.1, 0.15) is 0 Å². The number of rotatable bonds is 4. The highest BCUT2D eigenvalue weighted by atomic mass is 32.2. The molecule has 3 aromatic rings. The Kier molecular flexibility index (Phi) is 3.08. The molecule has 3 aromatic heterocycles. The van der Waals surface area contributed by atoms with E-state index in [-0.39, 0.29) is 5.95 Å². The van der Waals surface area contributed by atoms with Crippen LogP contribution in [-0.4, -0.2) is 34.5 Å². The zero-order valence-electron chi connectivity index (χ0n) is 9.56. The number of hydrogen-bond acceptors (Lipinski definition) is 8. The minimum absolute atomic E-state index is 0.271. The van der Waals surface area contributed by atoms with Gasteiger partial charge in [0.05, 0.1) is 0 Å². The molecule has 0 fully saturated rings. The number of anilines is 1. The van der Waals surface area contributed by atoms with Gasteiger partial charge in [-0.2, -0.15) is 15.0 Å². The van der Waals surface area contributed by atoms with E-state index in [4.69, 9.17) is 5.84 Å². The average molecular weight is 275 g/mol. The Bertz CT molecular complexity index is 648. The first kappa shape index (κ1) is 11.6. The molecule has 0 unspecified atom stereocenters. The summed E-state index contributed by atoms with van der Waals surface area (Å²) in [6, 6.07) is 0. The summed E-state index contributed by atoms with van der Waals surface area (Å²) in [7, 11) is 0. The molecule has 0 aromatic carbocycles. The van der Waals surface area contributed by atoms with E-state index in [9.17, 15) is 0 Å². The summed E-state index contributed by atoms with van der Waals surface area (Å²) in [6.45, 7) is 0. The average Bonchev–Trinajstić information content (AvgIpc) is 3.11. The number of H-pyrrole nitrogens is 1. The van der Waals surface area contributed by atoms with E-state index in [1.54, 1.807) is 35.7 Å². The summed E-state index contributed by atoms with van der Waals surface area (Å²) in [5.41, 5.74) is 2.41. The lowest BCUT2D eigenvalue weighted by atomic mass is 10.8. The highest BCUT2D eigenvalue weighted by Crippen LogP contribution is 2.21. The lowest BCUT2D eigenvalue weighted by Crippen LogP contribution is -2.13. The normalized spacial score (nSPS) is 10.6. The first-order chi connectivity index (χ1) is 9.35. The van der Waals surface area contributed by atoms with Gasteiger partial charge in [0, 0.05) is 24.8 Å². The van der Waals surface area contributed by atoms with Crippen LogP contribution >= 0.6 is 11.8 Å². The largest absolute Gasteiger partial charge is 0.339 e. The molecule has 96 valence electrons. The molecule has 0 aliphatic rings. The minimum atomic E-state index is 0.271. The first-order valence-electron chi connectivity index (χ1n) is 5.23. The number of aromatic amines is 1. The molecule has 9 nitrogen and oxygen atoms in total. The number of nitrogens with zero attached hydrogens (tertiary/aromatic N) is 6. The van der Waals surface area contributed by atoms with Gasteiger partial charge >= 0.3 is 0 Å². The van der Waals surface area contributed by atoms with Crippen LogP contribution in [0.2, 0.25) is 0 Å². The lowest BCUT2D eigenvalue weighted by Gasteiger charge is -2.05. The van der Waals surface area contributed by atoms with Crippen LogP contribution in [0.25, 0.3) is 5.95 Å². The SMILES string of the molecule is NNc1nc(Sc2ncc[nH]2)nc(-n2ccnc2)n1. The van der Waals surface area contributed by atoms with Gasteiger partial charge in [-0.1, -0.05) is 0 Å². The summed E-state index contributed by atoms with van der Waals surface area (Å²) in [5, 5.41) is 1.16. The molecule has 0 spiro atoms. The molecular weight excluding hydrogens is 266 g/mol. The molecular formula is C9H9N9S. The maximum atomic E-state index is 5.35.